The van der Waals surface area contributed by atoms with E-state index in [-0.39, 0.29) is 17.9 Å². The maximum absolute atomic E-state index is 13.2. The Bertz CT molecular complexity index is 1090. The van der Waals surface area contributed by atoms with Crippen LogP contribution in [0.2, 0.25) is 0 Å². The number of piperidine rings is 1. The van der Waals surface area contributed by atoms with Gasteiger partial charge in [0.05, 0.1) is 12.2 Å². The number of hydrogen-bond acceptors (Lipinski definition) is 4. The lowest BCUT2D eigenvalue weighted by atomic mass is 9.97. The molecule has 31 heavy (non-hydrogen) atoms. The summed E-state index contributed by atoms with van der Waals surface area (Å²) in [6, 6.07) is 15.2. The zero-order chi connectivity index (χ0) is 21.2. The first-order valence-corrected chi connectivity index (χ1v) is 11.6. The molecular weight excluding hydrogens is 408 g/mol. The van der Waals surface area contributed by atoms with Gasteiger partial charge < -0.3 is 15.0 Å². The highest BCUT2D eigenvalue weighted by Gasteiger charge is 2.31. The lowest BCUT2D eigenvalue weighted by Crippen LogP contribution is -2.45. The Labute approximate surface area is 185 Å². The Morgan fingerprint density at radius 3 is 2.71 bits per heavy atom. The van der Waals surface area contributed by atoms with E-state index in [9.17, 15) is 9.59 Å². The monoisotopic (exact) mass is 432 g/mol. The van der Waals surface area contributed by atoms with Crippen molar-refractivity contribution in [2.24, 2.45) is 0 Å². The second-order valence-corrected chi connectivity index (χ2v) is 8.82. The minimum Gasteiger partial charge on any atom is -0.493 e. The number of nitrogens with one attached hydrogen (secondary N) is 1. The first-order chi connectivity index (χ1) is 15.2. The minimum atomic E-state index is -0.202. The number of anilines is 1. The number of amides is 2. The zero-order valence-corrected chi connectivity index (χ0v) is 18.0. The summed E-state index contributed by atoms with van der Waals surface area (Å²) in [6.45, 7) is 1.39. The fourth-order valence-corrected chi connectivity index (χ4v) is 5.04. The van der Waals surface area contributed by atoms with Gasteiger partial charge in [0.25, 0.3) is 11.8 Å². The van der Waals surface area contributed by atoms with Crippen molar-refractivity contribution in [3.05, 3.63) is 70.4 Å². The number of carbonyl (C=O) groups excluding carboxylic acids is 2. The third-order valence-corrected chi connectivity index (χ3v) is 6.75. The molecule has 0 bridgehead atoms. The molecule has 0 spiro atoms. The molecule has 1 N–H and O–H groups in total. The summed E-state index contributed by atoms with van der Waals surface area (Å²) in [7, 11) is 0. The van der Waals surface area contributed by atoms with E-state index in [0.29, 0.717) is 29.2 Å². The van der Waals surface area contributed by atoms with E-state index < -0.39 is 0 Å². The van der Waals surface area contributed by atoms with Gasteiger partial charge in [0.15, 0.2) is 0 Å². The number of thiophene rings is 1. The molecule has 3 aromatic rings. The summed E-state index contributed by atoms with van der Waals surface area (Å²) in [6.07, 6.45) is 4.09. The molecule has 1 fully saturated rings. The van der Waals surface area contributed by atoms with Gasteiger partial charge in [-0.1, -0.05) is 12.1 Å². The number of carbonyl (C=O) groups is 2. The van der Waals surface area contributed by atoms with Crippen LogP contribution in [0.15, 0.2) is 59.3 Å². The second-order valence-electron chi connectivity index (χ2n) is 8.04. The maximum Gasteiger partial charge on any atom is 0.257 e. The van der Waals surface area contributed by atoms with Gasteiger partial charge in [0.2, 0.25) is 0 Å². The summed E-state index contributed by atoms with van der Waals surface area (Å²) in [4.78, 5) is 28.0. The van der Waals surface area contributed by atoms with Crippen molar-refractivity contribution >= 4 is 28.8 Å². The Morgan fingerprint density at radius 2 is 1.90 bits per heavy atom. The average molecular weight is 433 g/mol. The molecule has 2 amide bonds. The van der Waals surface area contributed by atoms with Crippen LogP contribution in [-0.4, -0.2) is 35.9 Å². The highest BCUT2D eigenvalue weighted by Crippen LogP contribution is 2.31. The van der Waals surface area contributed by atoms with Crippen LogP contribution in [0.5, 0.6) is 5.75 Å². The molecule has 1 unspecified atom stereocenters. The molecule has 5 nitrogen and oxygen atoms in total. The standard InChI is InChI=1S/C25H24N2O3S/c28-24(18-6-4-17(5-7-18)19-11-14-31-16-19)26-20-8-9-23-22(15-20)25(29)27-12-2-1-3-21(27)10-13-30-23/h4-9,11,14-16,21H,1-3,10,12-13H2,(H,26,28). The van der Waals surface area contributed by atoms with Crippen LogP contribution in [0, 0.1) is 0 Å². The van der Waals surface area contributed by atoms with Crippen molar-refractivity contribution in [3.8, 4) is 16.9 Å². The molecule has 3 heterocycles. The summed E-state index contributed by atoms with van der Waals surface area (Å²) in [5.41, 5.74) is 3.92. The summed E-state index contributed by atoms with van der Waals surface area (Å²) in [5.74, 6) is 0.384. The fourth-order valence-electron chi connectivity index (χ4n) is 4.37. The van der Waals surface area contributed by atoms with Crippen molar-refractivity contribution in [2.75, 3.05) is 18.5 Å². The van der Waals surface area contributed by atoms with Crippen LogP contribution in [0.3, 0.4) is 0 Å². The van der Waals surface area contributed by atoms with E-state index >= 15 is 0 Å². The van der Waals surface area contributed by atoms with E-state index in [2.05, 4.69) is 16.8 Å². The largest absolute Gasteiger partial charge is 0.493 e. The molecule has 2 aliphatic rings. The maximum atomic E-state index is 13.2. The molecule has 1 atom stereocenters. The van der Waals surface area contributed by atoms with Crippen LogP contribution < -0.4 is 10.1 Å². The first-order valence-electron chi connectivity index (χ1n) is 10.7. The van der Waals surface area contributed by atoms with Crippen molar-refractivity contribution in [3.63, 3.8) is 0 Å². The van der Waals surface area contributed by atoms with Gasteiger partial charge in [-0.15, -0.1) is 0 Å². The molecule has 2 aliphatic heterocycles. The number of nitrogens with zero attached hydrogens (tertiary/aromatic N) is 1. The number of rotatable bonds is 3. The number of benzene rings is 2. The highest BCUT2D eigenvalue weighted by molar-refractivity contribution is 7.08. The van der Waals surface area contributed by atoms with E-state index in [1.807, 2.05) is 34.5 Å². The van der Waals surface area contributed by atoms with E-state index in [1.165, 1.54) is 0 Å². The quantitative estimate of drug-likeness (QED) is 0.599. The van der Waals surface area contributed by atoms with Crippen molar-refractivity contribution in [1.29, 1.82) is 0 Å². The number of hydrogen-bond donors (Lipinski definition) is 1. The lowest BCUT2D eigenvalue weighted by Gasteiger charge is -2.37. The van der Waals surface area contributed by atoms with Crippen LogP contribution in [0.25, 0.3) is 11.1 Å². The smallest absolute Gasteiger partial charge is 0.257 e. The SMILES string of the molecule is O=C(Nc1ccc2c(c1)C(=O)N1CCCCC1CCO2)c1ccc(-c2ccsc2)cc1. The fraction of sp³-hybridized carbons (Fsp3) is 0.280. The van der Waals surface area contributed by atoms with Crippen LogP contribution in [0.1, 0.15) is 46.4 Å². The highest BCUT2D eigenvalue weighted by atomic mass is 32.1. The Hall–Kier alpha value is -3.12. The molecule has 1 saturated heterocycles. The Morgan fingerprint density at radius 1 is 1.03 bits per heavy atom. The second kappa shape index (κ2) is 8.55. The molecule has 6 heteroatoms. The summed E-state index contributed by atoms with van der Waals surface area (Å²) >= 11 is 1.65. The third kappa shape index (κ3) is 4.08. The van der Waals surface area contributed by atoms with Crippen LogP contribution in [-0.2, 0) is 0 Å². The predicted octanol–water partition coefficient (Wildman–Crippen LogP) is 5.44. The van der Waals surface area contributed by atoms with E-state index in [4.69, 9.17) is 4.74 Å². The molecule has 0 saturated carbocycles. The Kier molecular flexibility index (Phi) is 5.47. The minimum absolute atomic E-state index is 0.00406. The summed E-state index contributed by atoms with van der Waals surface area (Å²) < 4.78 is 5.88. The van der Waals surface area contributed by atoms with Crippen molar-refractivity contribution in [1.82, 2.24) is 4.90 Å². The van der Waals surface area contributed by atoms with Gasteiger partial charge in [-0.25, -0.2) is 0 Å². The normalized spacial score (nSPS) is 18.3. The zero-order valence-electron chi connectivity index (χ0n) is 17.2. The summed E-state index contributed by atoms with van der Waals surface area (Å²) in [5, 5.41) is 7.05. The molecule has 2 aromatic carbocycles. The molecule has 1 aromatic heterocycles. The average Bonchev–Trinajstić information content (AvgIpc) is 3.34. The van der Waals surface area contributed by atoms with Gasteiger partial charge in [0.1, 0.15) is 5.75 Å². The van der Waals surface area contributed by atoms with Gasteiger partial charge in [-0.05, 0) is 77.5 Å². The van der Waals surface area contributed by atoms with Gasteiger partial charge in [-0.2, -0.15) is 11.3 Å². The molecule has 158 valence electrons. The first kappa shape index (κ1) is 19.8. The van der Waals surface area contributed by atoms with E-state index in [1.54, 1.807) is 29.5 Å². The van der Waals surface area contributed by atoms with Crippen LogP contribution in [0.4, 0.5) is 5.69 Å². The number of ether oxygens (including phenoxy) is 1. The van der Waals surface area contributed by atoms with Crippen molar-refractivity contribution in [2.45, 2.75) is 31.7 Å². The van der Waals surface area contributed by atoms with E-state index in [0.717, 1.165) is 43.4 Å². The molecular formula is C25H24N2O3S. The molecule has 5 rings (SSSR count). The topological polar surface area (TPSA) is 58.6 Å². The third-order valence-electron chi connectivity index (χ3n) is 6.07. The molecule has 0 aliphatic carbocycles. The van der Waals surface area contributed by atoms with Crippen molar-refractivity contribution < 1.29 is 14.3 Å². The van der Waals surface area contributed by atoms with Gasteiger partial charge in [-0.3, -0.25) is 9.59 Å². The lowest BCUT2D eigenvalue weighted by molar-refractivity contribution is 0.0548. The predicted molar refractivity (Wildman–Crippen MR) is 123 cm³/mol. The van der Waals surface area contributed by atoms with Gasteiger partial charge in [0, 0.05) is 30.3 Å². The van der Waals surface area contributed by atoms with Gasteiger partial charge >= 0.3 is 0 Å². The van der Waals surface area contributed by atoms with Crippen LogP contribution >= 0.6 is 11.3 Å². The number of fused-ring (bicyclic) bond motifs is 2. The Balaban J connectivity index is 1.35. The molecule has 0 radical (unpaired) electrons.